The minimum Gasteiger partial charge on any atom is -0.494 e. The second-order valence-corrected chi connectivity index (χ2v) is 6.26. The van der Waals surface area contributed by atoms with Gasteiger partial charge >= 0.3 is 0 Å². The van der Waals surface area contributed by atoms with Crippen molar-refractivity contribution in [1.82, 2.24) is 4.90 Å². The van der Waals surface area contributed by atoms with Crippen molar-refractivity contribution in [1.29, 1.82) is 5.26 Å². The van der Waals surface area contributed by atoms with E-state index in [0.717, 1.165) is 36.3 Å². The van der Waals surface area contributed by atoms with Gasteiger partial charge in [-0.1, -0.05) is 24.3 Å². The monoisotopic (exact) mass is 346 g/mol. The number of amides is 1. The maximum absolute atomic E-state index is 12.7. The Balaban J connectivity index is 1.69. The molecule has 0 N–H and O–H groups in total. The summed E-state index contributed by atoms with van der Waals surface area (Å²) >= 11 is 0. The van der Waals surface area contributed by atoms with Crippen LogP contribution in [0.2, 0.25) is 0 Å². The maximum Gasteiger partial charge on any atom is 0.247 e. The zero-order chi connectivity index (χ0) is 18.4. The summed E-state index contributed by atoms with van der Waals surface area (Å²) in [7, 11) is 0. The number of nitrogens with zero attached hydrogens (tertiary/aromatic N) is 2. The normalized spacial score (nSPS) is 16.6. The minimum absolute atomic E-state index is 0.0192. The van der Waals surface area contributed by atoms with Crippen LogP contribution in [0.25, 0.3) is 6.08 Å². The van der Waals surface area contributed by atoms with Crippen LogP contribution in [0.3, 0.4) is 0 Å². The third-order valence-electron chi connectivity index (χ3n) is 4.57. The fraction of sp³-hybridized carbons (Fsp3) is 0.273. The standard InChI is InChI=1S/C22H22N2O2/c1-2-26-20-12-10-19(11-13-20)21-4-3-15-24(21)22(25)14-9-17-5-7-18(16-23)8-6-17/h5-14,21H,2-4,15H2,1H3/b14-9+. The largest absolute Gasteiger partial charge is 0.494 e. The van der Waals surface area contributed by atoms with E-state index in [4.69, 9.17) is 10.00 Å². The number of likely N-dealkylation sites (tertiary alicyclic amines) is 1. The molecule has 2 aromatic rings. The van der Waals surface area contributed by atoms with E-state index in [0.29, 0.717) is 12.2 Å². The molecule has 132 valence electrons. The van der Waals surface area contributed by atoms with Gasteiger partial charge in [-0.25, -0.2) is 0 Å². The van der Waals surface area contributed by atoms with Gasteiger partial charge in [0.15, 0.2) is 0 Å². The quantitative estimate of drug-likeness (QED) is 0.757. The van der Waals surface area contributed by atoms with E-state index >= 15 is 0 Å². The third-order valence-corrected chi connectivity index (χ3v) is 4.57. The lowest BCUT2D eigenvalue weighted by atomic mass is 10.0. The van der Waals surface area contributed by atoms with Crippen LogP contribution >= 0.6 is 0 Å². The molecule has 2 aromatic carbocycles. The Morgan fingerprint density at radius 3 is 2.62 bits per heavy atom. The molecule has 4 nitrogen and oxygen atoms in total. The van der Waals surface area contributed by atoms with Gasteiger partial charge < -0.3 is 9.64 Å². The van der Waals surface area contributed by atoms with Crippen LogP contribution < -0.4 is 4.74 Å². The van der Waals surface area contributed by atoms with Crippen molar-refractivity contribution in [2.24, 2.45) is 0 Å². The lowest BCUT2D eigenvalue weighted by Crippen LogP contribution is -2.28. The number of carbonyl (C=O) groups is 1. The van der Waals surface area contributed by atoms with Crippen LogP contribution in [0.5, 0.6) is 5.75 Å². The highest BCUT2D eigenvalue weighted by atomic mass is 16.5. The summed E-state index contributed by atoms with van der Waals surface area (Å²) < 4.78 is 5.49. The first-order valence-corrected chi connectivity index (χ1v) is 8.93. The zero-order valence-corrected chi connectivity index (χ0v) is 14.9. The van der Waals surface area contributed by atoms with Crippen LogP contribution in [0.1, 0.15) is 42.5 Å². The van der Waals surface area contributed by atoms with E-state index in [-0.39, 0.29) is 11.9 Å². The molecule has 3 rings (SSSR count). The summed E-state index contributed by atoms with van der Waals surface area (Å²) in [4.78, 5) is 14.6. The summed E-state index contributed by atoms with van der Waals surface area (Å²) in [5.41, 5.74) is 2.67. The van der Waals surface area contributed by atoms with E-state index < -0.39 is 0 Å². The predicted octanol–water partition coefficient (Wildman–Crippen LogP) is 4.33. The number of hydrogen-bond acceptors (Lipinski definition) is 3. The van der Waals surface area contributed by atoms with Gasteiger partial charge in [-0.05, 0) is 61.2 Å². The van der Waals surface area contributed by atoms with Crippen molar-refractivity contribution in [2.45, 2.75) is 25.8 Å². The number of carbonyl (C=O) groups excluding carboxylic acids is 1. The lowest BCUT2D eigenvalue weighted by Gasteiger charge is -2.24. The highest BCUT2D eigenvalue weighted by Gasteiger charge is 2.28. The molecule has 1 heterocycles. The van der Waals surface area contributed by atoms with Crippen molar-refractivity contribution in [3.05, 3.63) is 71.3 Å². The van der Waals surface area contributed by atoms with Gasteiger partial charge in [0, 0.05) is 12.6 Å². The number of nitriles is 1. The number of ether oxygens (including phenoxy) is 1. The molecule has 1 unspecified atom stereocenters. The molecule has 0 spiro atoms. The number of benzene rings is 2. The molecule has 0 aliphatic carbocycles. The van der Waals surface area contributed by atoms with Gasteiger partial charge in [-0.15, -0.1) is 0 Å². The first-order chi connectivity index (χ1) is 12.7. The Morgan fingerprint density at radius 2 is 1.96 bits per heavy atom. The van der Waals surface area contributed by atoms with Crippen molar-refractivity contribution >= 4 is 12.0 Å². The second-order valence-electron chi connectivity index (χ2n) is 6.26. The molecule has 0 bridgehead atoms. The smallest absolute Gasteiger partial charge is 0.247 e. The van der Waals surface area contributed by atoms with Gasteiger partial charge in [-0.3, -0.25) is 4.79 Å². The number of rotatable bonds is 5. The van der Waals surface area contributed by atoms with E-state index in [2.05, 4.69) is 6.07 Å². The van der Waals surface area contributed by atoms with Gasteiger partial charge in [0.1, 0.15) is 5.75 Å². The molecule has 1 amide bonds. The summed E-state index contributed by atoms with van der Waals surface area (Å²) in [6.45, 7) is 3.38. The Morgan fingerprint density at radius 1 is 1.23 bits per heavy atom. The lowest BCUT2D eigenvalue weighted by molar-refractivity contribution is -0.126. The molecule has 1 aliphatic rings. The van der Waals surface area contributed by atoms with Crippen LogP contribution in [0.4, 0.5) is 0 Å². The van der Waals surface area contributed by atoms with Crippen molar-refractivity contribution in [3.8, 4) is 11.8 Å². The summed E-state index contributed by atoms with van der Waals surface area (Å²) in [6, 6.07) is 17.4. The Kier molecular flexibility index (Phi) is 5.70. The molecule has 0 aromatic heterocycles. The topological polar surface area (TPSA) is 53.3 Å². The first kappa shape index (κ1) is 17.8. The maximum atomic E-state index is 12.7. The Bertz CT molecular complexity index is 817. The van der Waals surface area contributed by atoms with Crippen LogP contribution in [-0.2, 0) is 4.79 Å². The van der Waals surface area contributed by atoms with Gasteiger partial charge in [-0.2, -0.15) is 5.26 Å². The SMILES string of the molecule is CCOc1ccc(C2CCCN2C(=O)/C=C/c2ccc(C#N)cc2)cc1. The van der Waals surface area contributed by atoms with Crippen molar-refractivity contribution in [2.75, 3.05) is 13.2 Å². The first-order valence-electron chi connectivity index (χ1n) is 8.93. The molecule has 0 radical (unpaired) electrons. The molecular weight excluding hydrogens is 324 g/mol. The molecule has 4 heteroatoms. The summed E-state index contributed by atoms with van der Waals surface area (Å²) in [6.07, 6.45) is 5.41. The third kappa shape index (κ3) is 4.12. The molecular formula is C22H22N2O2. The highest BCUT2D eigenvalue weighted by Crippen LogP contribution is 2.33. The van der Waals surface area contributed by atoms with E-state index in [9.17, 15) is 4.79 Å². The van der Waals surface area contributed by atoms with E-state index in [1.54, 1.807) is 24.3 Å². The molecule has 26 heavy (non-hydrogen) atoms. The van der Waals surface area contributed by atoms with E-state index in [1.165, 1.54) is 0 Å². The second kappa shape index (κ2) is 8.35. The average Bonchev–Trinajstić information content (AvgIpc) is 3.17. The van der Waals surface area contributed by atoms with Gasteiger partial charge in [0.2, 0.25) is 5.91 Å². The Hall–Kier alpha value is -3.06. The molecule has 1 fully saturated rings. The molecule has 1 atom stereocenters. The highest BCUT2D eigenvalue weighted by molar-refractivity contribution is 5.92. The van der Waals surface area contributed by atoms with Crippen LogP contribution in [-0.4, -0.2) is 24.0 Å². The van der Waals surface area contributed by atoms with Crippen molar-refractivity contribution < 1.29 is 9.53 Å². The minimum atomic E-state index is 0.0192. The van der Waals surface area contributed by atoms with Crippen LogP contribution in [0, 0.1) is 11.3 Å². The van der Waals surface area contributed by atoms with Gasteiger partial charge in [0.25, 0.3) is 0 Å². The summed E-state index contributed by atoms with van der Waals surface area (Å²) in [5, 5.41) is 8.84. The van der Waals surface area contributed by atoms with E-state index in [1.807, 2.05) is 48.2 Å². The summed E-state index contributed by atoms with van der Waals surface area (Å²) in [5.74, 6) is 0.874. The zero-order valence-electron chi connectivity index (χ0n) is 14.9. The van der Waals surface area contributed by atoms with Crippen molar-refractivity contribution in [3.63, 3.8) is 0 Å². The van der Waals surface area contributed by atoms with Crippen LogP contribution in [0.15, 0.2) is 54.6 Å². The molecule has 0 saturated carbocycles. The fourth-order valence-electron chi connectivity index (χ4n) is 3.26. The predicted molar refractivity (Wildman–Crippen MR) is 101 cm³/mol. The average molecular weight is 346 g/mol. The van der Waals surface area contributed by atoms with Gasteiger partial charge in [0.05, 0.1) is 24.3 Å². The molecule has 1 saturated heterocycles. The number of hydrogen-bond donors (Lipinski definition) is 0. The fourth-order valence-corrected chi connectivity index (χ4v) is 3.26. The molecule has 1 aliphatic heterocycles. The Labute approximate surface area is 154 Å².